The number of aromatic nitrogens is 3. The second-order valence-electron chi connectivity index (χ2n) is 7.42. The molecule has 0 bridgehead atoms. The standard InChI is InChI=1S/C25H22F2N4O2S/c1-30(15-18-9-5-6-12-20(18)26)24(32)17-34-25-29-28-23(31(25)19-10-3-2-4-11-19)16-33-22-14-8-7-13-21(22)27/h2-14H,15-17H2,1H3. The van der Waals surface area contributed by atoms with Gasteiger partial charge in [-0.15, -0.1) is 10.2 Å². The number of amides is 1. The van der Waals surface area contributed by atoms with Gasteiger partial charge in [0.25, 0.3) is 0 Å². The highest BCUT2D eigenvalue weighted by Gasteiger charge is 2.18. The summed E-state index contributed by atoms with van der Waals surface area (Å²) in [6.45, 7) is 0.156. The van der Waals surface area contributed by atoms with Gasteiger partial charge in [0.15, 0.2) is 22.5 Å². The summed E-state index contributed by atoms with van der Waals surface area (Å²) in [4.78, 5) is 14.2. The van der Waals surface area contributed by atoms with Crippen LogP contribution in [-0.4, -0.2) is 38.4 Å². The molecule has 0 unspecified atom stereocenters. The molecule has 34 heavy (non-hydrogen) atoms. The number of para-hydroxylation sites is 2. The van der Waals surface area contributed by atoms with Crippen molar-refractivity contribution in [1.29, 1.82) is 0 Å². The Labute approximate surface area is 200 Å². The number of rotatable bonds is 9. The van der Waals surface area contributed by atoms with Gasteiger partial charge in [-0.2, -0.15) is 0 Å². The molecule has 1 aromatic heterocycles. The van der Waals surface area contributed by atoms with E-state index in [1.165, 1.54) is 34.9 Å². The summed E-state index contributed by atoms with van der Waals surface area (Å²) in [5.74, 6) is -0.331. The van der Waals surface area contributed by atoms with E-state index in [1.54, 1.807) is 41.9 Å². The molecule has 0 spiro atoms. The van der Waals surface area contributed by atoms with Gasteiger partial charge >= 0.3 is 0 Å². The van der Waals surface area contributed by atoms with Crippen molar-refractivity contribution in [2.45, 2.75) is 18.3 Å². The molecule has 0 atom stereocenters. The Morgan fingerprint density at radius 1 is 0.941 bits per heavy atom. The Bertz CT molecular complexity index is 1270. The number of halogens is 2. The molecule has 4 aromatic rings. The van der Waals surface area contributed by atoms with E-state index in [2.05, 4.69) is 10.2 Å². The maximum atomic E-state index is 13.9. The molecule has 9 heteroatoms. The Hall–Kier alpha value is -3.72. The maximum absolute atomic E-state index is 13.9. The van der Waals surface area contributed by atoms with Gasteiger partial charge < -0.3 is 9.64 Å². The van der Waals surface area contributed by atoms with Crippen LogP contribution in [-0.2, 0) is 17.9 Å². The lowest BCUT2D eigenvalue weighted by molar-refractivity contribution is -0.127. The number of nitrogens with zero attached hydrogens (tertiary/aromatic N) is 4. The first kappa shape index (κ1) is 23.4. The van der Waals surface area contributed by atoms with Crippen LogP contribution < -0.4 is 4.74 Å². The molecule has 4 rings (SSSR count). The van der Waals surface area contributed by atoms with Gasteiger partial charge in [-0.05, 0) is 30.3 Å². The first-order valence-electron chi connectivity index (χ1n) is 10.5. The smallest absolute Gasteiger partial charge is 0.233 e. The van der Waals surface area contributed by atoms with E-state index < -0.39 is 5.82 Å². The normalized spacial score (nSPS) is 10.8. The number of thioether (sulfide) groups is 1. The number of hydrogen-bond acceptors (Lipinski definition) is 5. The predicted molar refractivity (Wildman–Crippen MR) is 126 cm³/mol. The van der Waals surface area contributed by atoms with Gasteiger partial charge in [0.05, 0.1) is 5.75 Å². The molecular weight excluding hydrogens is 458 g/mol. The van der Waals surface area contributed by atoms with Crippen molar-refractivity contribution in [3.05, 3.63) is 102 Å². The lowest BCUT2D eigenvalue weighted by Crippen LogP contribution is -2.28. The van der Waals surface area contributed by atoms with E-state index in [0.29, 0.717) is 16.5 Å². The third kappa shape index (κ3) is 5.60. The third-order valence-electron chi connectivity index (χ3n) is 5.02. The molecule has 0 radical (unpaired) electrons. The molecule has 1 heterocycles. The zero-order valence-electron chi connectivity index (χ0n) is 18.4. The van der Waals surface area contributed by atoms with E-state index in [4.69, 9.17) is 4.74 Å². The monoisotopic (exact) mass is 480 g/mol. The topological polar surface area (TPSA) is 60.3 Å². The summed E-state index contributed by atoms with van der Waals surface area (Å²) in [6.07, 6.45) is 0. The third-order valence-corrected chi connectivity index (χ3v) is 5.94. The Balaban J connectivity index is 1.48. The van der Waals surface area contributed by atoms with E-state index in [0.717, 1.165) is 5.69 Å². The van der Waals surface area contributed by atoms with Crippen LogP contribution in [0.2, 0.25) is 0 Å². The van der Waals surface area contributed by atoms with Gasteiger partial charge in [0, 0.05) is 24.8 Å². The first-order valence-corrected chi connectivity index (χ1v) is 11.5. The van der Waals surface area contributed by atoms with Gasteiger partial charge in [-0.3, -0.25) is 9.36 Å². The molecule has 0 aliphatic carbocycles. The number of carbonyl (C=O) groups excluding carboxylic acids is 1. The minimum Gasteiger partial charge on any atom is -0.483 e. The number of benzene rings is 3. The molecule has 6 nitrogen and oxygen atoms in total. The second kappa shape index (κ2) is 10.9. The van der Waals surface area contributed by atoms with Crippen LogP contribution in [0.4, 0.5) is 8.78 Å². The molecule has 0 aliphatic heterocycles. The Morgan fingerprint density at radius 3 is 2.35 bits per heavy atom. The summed E-state index contributed by atoms with van der Waals surface area (Å²) in [7, 11) is 1.63. The highest BCUT2D eigenvalue weighted by atomic mass is 32.2. The number of carbonyl (C=O) groups is 1. The summed E-state index contributed by atoms with van der Waals surface area (Å²) in [6, 6.07) is 21.9. The van der Waals surface area contributed by atoms with E-state index in [1.807, 2.05) is 30.3 Å². The lowest BCUT2D eigenvalue weighted by atomic mass is 10.2. The minimum absolute atomic E-state index is 0.00940. The molecule has 0 fully saturated rings. The molecule has 3 aromatic carbocycles. The molecule has 1 amide bonds. The van der Waals surface area contributed by atoms with Crippen LogP contribution in [0, 0.1) is 11.6 Å². The van der Waals surface area contributed by atoms with Crippen LogP contribution in [0.15, 0.2) is 84.0 Å². The fraction of sp³-hybridized carbons (Fsp3) is 0.160. The fourth-order valence-electron chi connectivity index (χ4n) is 3.23. The summed E-state index contributed by atoms with van der Waals surface area (Å²) in [5.41, 5.74) is 1.23. The van der Waals surface area contributed by atoms with Crippen molar-refractivity contribution < 1.29 is 18.3 Å². The van der Waals surface area contributed by atoms with Crippen molar-refractivity contribution in [3.63, 3.8) is 0 Å². The summed E-state index contributed by atoms with van der Waals surface area (Å²) < 4.78 is 35.3. The molecular formula is C25H22F2N4O2S. The highest BCUT2D eigenvalue weighted by molar-refractivity contribution is 7.99. The van der Waals surface area contributed by atoms with Crippen LogP contribution in [0.25, 0.3) is 5.69 Å². The summed E-state index contributed by atoms with van der Waals surface area (Å²) in [5, 5.41) is 8.93. The Morgan fingerprint density at radius 2 is 1.62 bits per heavy atom. The zero-order chi connectivity index (χ0) is 23.9. The van der Waals surface area contributed by atoms with Crippen molar-refractivity contribution in [3.8, 4) is 11.4 Å². The van der Waals surface area contributed by atoms with E-state index >= 15 is 0 Å². The number of ether oxygens (including phenoxy) is 1. The molecule has 0 aliphatic rings. The molecule has 0 N–H and O–H groups in total. The lowest BCUT2D eigenvalue weighted by Gasteiger charge is -2.17. The van der Waals surface area contributed by atoms with Gasteiger partial charge in [-0.1, -0.05) is 60.3 Å². The SMILES string of the molecule is CN(Cc1ccccc1F)C(=O)CSc1nnc(COc2ccccc2F)n1-c1ccccc1. The minimum atomic E-state index is -0.466. The average molecular weight is 481 g/mol. The van der Waals surface area contributed by atoms with Gasteiger partial charge in [0.2, 0.25) is 5.91 Å². The fourth-order valence-corrected chi connectivity index (χ4v) is 4.15. The van der Waals surface area contributed by atoms with Crippen LogP contribution in [0.1, 0.15) is 11.4 Å². The maximum Gasteiger partial charge on any atom is 0.233 e. The van der Waals surface area contributed by atoms with Crippen molar-refractivity contribution in [2.24, 2.45) is 0 Å². The quantitative estimate of drug-likeness (QED) is 0.320. The zero-order valence-corrected chi connectivity index (χ0v) is 19.2. The highest BCUT2D eigenvalue weighted by Crippen LogP contribution is 2.24. The van der Waals surface area contributed by atoms with E-state index in [-0.39, 0.29) is 36.4 Å². The van der Waals surface area contributed by atoms with Crippen molar-refractivity contribution in [2.75, 3.05) is 12.8 Å². The van der Waals surface area contributed by atoms with Crippen LogP contribution >= 0.6 is 11.8 Å². The van der Waals surface area contributed by atoms with E-state index in [9.17, 15) is 13.6 Å². The molecule has 0 saturated carbocycles. The predicted octanol–water partition coefficient (Wildman–Crippen LogP) is 4.88. The first-order chi connectivity index (χ1) is 16.5. The van der Waals surface area contributed by atoms with Crippen molar-refractivity contribution in [1.82, 2.24) is 19.7 Å². The van der Waals surface area contributed by atoms with Crippen molar-refractivity contribution >= 4 is 17.7 Å². The Kier molecular flexibility index (Phi) is 7.54. The van der Waals surface area contributed by atoms with Gasteiger partial charge in [-0.25, -0.2) is 8.78 Å². The van der Waals surface area contributed by atoms with Crippen LogP contribution in [0.5, 0.6) is 5.75 Å². The largest absolute Gasteiger partial charge is 0.483 e. The second-order valence-corrected chi connectivity index (χ2v) is 8.36. The molecule has 174 valence electrons. The van der Waals surface area contributed by atoms with Gasteiger partial charge in [0.1, 0.15) is 12.4 Å². The van der Waals surface area contributed by atoms with Crippen LogP contribution in [0.3, 0.4) is 0 Å². The number of hydrogen-bond donors (Lipinski definition) is 0. The summed E-state index contributed by atoms with van der Waals surface area (Å²) >= 11 is 1.21. The molecule has 0 saturated heterocycles. The average Bonchev–Trinajstić information content (AvgIpc) is 3.26.